The molecule has 8 nitrogen and oxygen atoms in total. The fourth-order valence-corrected chi connectivity index (χ4v) is 6.49. The first kappa shape index (κ1) is 31.0. The Hall–Kier alpha value is -4.47. The summed E-state index contributed by atoms with van der Waals surface area (Å²) in [4.78, 5) is 0.208. The van der Waals surface area contributed by atoms with Crippen molar-refractivity contribution in [2.75, 3.05) is 25.1 Å². The summed E-state index contributed by atoms with van der Waals surface area (Å²) in [7, 11) is -3.81. The number of aryl methyl sites for hydroxylation is 3. The van der Waals surface area contributed by atoms with Gasteiger partial charge in [0.15, 0.2) is 17.3 Å². The number of anilines is 2. The Morgan fingerprint density at radius 1 is 0.750 bits per heavy atom. The molecule has 1 heterocycles. The van der Waals surface area contributed by atoms with Gasteiger partial charge >= 0.3 is 0 Å². The van der Waals surface area contributed by atoms with Crippen LogP contribution in [0.15, 0.2) is 83.8 Å². The molecule has 0 bridgehead atoms. The van der Waals surface area contributed by atoms with Gasteiger partial charge in [0.25, 0.3) is 0 Å². The molecule has 4 aromatic carbocycles. The molecule has 9 heteroatoms. The molecule has 5 rings (SSSR count). The van der Waals surface area contributed by atoms with E-state index in [1.54, 1.807) is 13.0 Å². The van der Waals surface area contributed by atoms with Crippen LogP contribution >= 0.6 is 0 Å². The van der Waals surface area contributed by atoms with E-state index in [1.165, 1.54) is 5.56 Å². The Labute approximate surface area is 259 Å². The Balaban J connectivity index is 1.39. The minimum atomic E-state index is -3.81. The minimum absolute atomic E-state index is 0.208. The van der Waals surface area contributed by atoms with E-state index in [2.05, 4.69) is 46.2 Å². The second-order valence-corrected chi connectivity index (χ2v) is 12.4. The summed E-state index contributed by atoms with van der Waals surface area (Å²) in [6.07, 6.45) is 0.496. The SMILES string of the molecule is CCOc1ccc(CCNS(=O)(=O)c2cc(-c3nnc(Nc4ccc(C)cc4C)c4ccccc34)ccc2C)cc1OCC. The number of benzene rings is 4. The third-order valence-electron chi connectivity index (χ3n) is 7.39. The zero-order valence-electron chi connectivity index (χ0n) is 25.8. The molecule has 5 aromatic rings. The fourth-order valence-electron chi connectivity index (χ4n) is 5.19. The number of aromatic nitrogens is 2. The molecule has 0 amide bonds. The van der Waals surface area contributed by atoms with Crippen molar-refractivity contribution in [3.05, 3.63) is 101 Å². The van der Waals surface area contributed by atoms with E-state index >= 15 is 0 Å². The van der Waals surface area contributed by atoms with E-state index in [-0.39, 0.29) is 11.4 Å². The van der Waals surface area contributed by atoms with Gasteiger partial charge in [0, 0.05) is 28.6 Å². The van der Waals surface area contributed by atoms with Crippen LogP contribution in [-0.2, 0) is 16.4 Å². The largest absolute Gasteiger partial charge is 0.490 e. The molecule has 0 saturated carbocycles. The summed E-state index contributed by atoms with van der Waals surface area (Å²) < 4.78 is 41.1. The van der Waals surface area contributed by atoms with Gasteiger partial charge in [-0.05, 0) is 82.0 Å². The average Bonchev–Trinajstić information content (AvgIpc) is 3.00. The third-order valence-corrected chi connectivity index (χ3v) is 8.99. The molecule has 0 aliphatic rings. The lowest BCUT2D eigenvalue weighted by Gasteiger charge is -2.15. The lowest BCUT2D eigenvalue weighted by molar-refractivity contribution is 0.287. The third kappa shape index (κ3) is 6.85. The molecule has 0 fully saturated rings. The zero-order valence-corrected chi connectivity index (χ0v) is 26.6. The van der Waals surface area contributed by atoms with Crippen molar-refractivity contribution in [1.29, 1.82) is 0 Å². The average molecular weight is 611 g/mol. The van der Waals surface area contributed by atoms with Crippen LogP contribution in [0.4, 0.5) is 11.5 Å². The summed E-state index contributed by atoms with van der Waals surface area (Å²) in [5.41, 5.74) is 6.13. The van der Waals surface area contributed by atoms with Crippen LogP contribution < -0.4 is 19.5 Å². The monoisotopic (exact) mass is 610 g/mol. The number of nitrogens with one attached hydrogen (secondary N) is 2. The number of rotatable bonds is 12. The summed E-state index contributed by atoms with van der Waals surface area (Å²) >= 11 is 0. The maximum Gasteiger partial charge on any atom is 0.240 e. The molecule has 0 atom stereocenters. The predicted octanol–water partition coefficient (Wildman–Crippen LogP) is 7.28. The molecular formula is C35H38N4O4S. The zero-order chi connectivity index (χ0) is 31.3. The summed E-state index contributed by atoms with van der Waals surface area (Å²) in [6, 6.07) is 25.1. The maximum absolute atomic E-state index is 13.5. The van der Waals surface area contributed by atoms with Crippen LogP contribution in [0.3, 0.4) is 0 Å². The van der Waals surface area contributed by atoms with E-state index in [4.69, 9.17) is 9.47 Å². The Morgan fingerprint density at radius 2 is 1.50 bits per heavy atom. The van der Waals surface area contributed by atoms with Gasteiger partial charge in [0.05, 0.1) is 18.1 Å². The molecule has 1 aromatic heterocycles. The number of hydrogen-bond acceptors (Lipinski definition) is 7. The second kappa shape index (κ2) is 13.4. The maximum atomic E-state index is 13.5. The van der Waals surface area contributed by atoms with E-state index < -0.39 is 10.0 Å². The van der Waals surface area contributed by atoms with Gasteiger partial charge in [-0.1, -0.05) is 60.2 Å². The van der Waals surface area contributed by atoms with E-state index in [1.807, 2.05) is 74.5 Å². The molecule has 0 spiro atoms. The summed E-state index contributed by atoms with van der Waals surface area (Å²) in [5.74, 6) is 1.97. The standard InChI is InChI=1S/C35H38N4O4S/c1-6-42-31-17-14-26(21-32(31)43-7-2)18-19-36-44(40,41)33-22-27(15-13-24(33)4)34-28-10-8-9-11-29(28)35(39-38-34)37-30-16-12-23(3)20-25(30)5/h8-17,20-22,36H,6-7,18-19H2,1-5H3,(H,37,39). The minimum Gasteiger partial charge on any atom is -0.490 e. The van der Waals surface area contributed by atoms with Crippen molar-refractivity contribution in [3.63, 3.8) is 0 Å². The first-order chi connectivity index (χ1) is 21.2. The predicted molar refractivity (Wildman–Crippen MR) is 177 cm³/mol. The molecule has 2 N–H and O–H groups in total. The van der Waals surface area contributed by atoms with Gasteiger partial charge < -0.3 is 14.8 Å². The highest BCUT2D eigenvalue weighted by Gasteiger charge is 2.20. The Morgan fingerprint density at radius 3 is 2.25 bits per heavy atom. The first-order valence-corrected chi connectivity index (χ1v) is 16.3. The van der Waals surface area contributed by atoms with E-state index in [0.29, 0.717) is 53.8 Å². The first-order valence-electron chi connectivity index (χ1n) is 14.8. The van der Waals surface area contributed by atoms with Crippen molar-refractivity contribution in [3.8, 4) is 22.8 Å². The number of nitrogens with zero attached hydrogens (tertiary/aromatic N) is 2. The Bertz CT molecular complexity index is 1910. The van der Waals surface area contributed by atoms with Gasteiger partial charge in [-0.15, -0.1) is 10.2 Å². The molecule has 0 aliphatic carbocycles. The van der Waals surface area contributed by atoms with Crippen LogP contribution in [0.2, 0.25) is 0 Å². The molecule has 44 heavy (non-hydrogen) atoms. The van der Waals surface area contributed by atoms with Crippen LogP contribution in [0.5, 0.6) is 11.5 Å². The number of hydrogen-bond donors (Lipinski definition) is 2. The van der Waals surface area contributed by atoms with Crippen LogP contribution in [-0.4, -0.2) is 38.4 Å². The number of sulfonamides is 1. The van der Waals surface area contributed by atoms with Crippen molar-refractivity contribution in [1.82, 2.24) is 14.9 Å². The topological polar surface area (TPSA) is 102 Å². The van der Waals surface area contributed by atoms with Gasteiger partial charge in [-0.25, -0.2) is 13.1 Å². The van der Waals surface area contributed by atoms with Gasteiger partial charge in [0.1, 0.15) is 5.69 Å². The van der Waals surface area contributed by atoms with E-state index in [9.17, 15) is 8.42 Å². The van der Waals surface area contributed by atoms with Crippen molar-refractivity contribution in [2.45, 2.75) is 45.9 Å². The van der Waals surface area contributed by atoms with Gasteiger partial charge in [-0.3, -0.25) is 0 Å². The molecule has 0 saturated heterocycles. The fraction of sp³-hybridized carbons (Fsp3) is 0.257. The summed E-state index contributed by atoms with van der Waals surface area (Å²) in [5, 5.41) is 14.3. The molecule has 0 aliphatic heterocycles. The van der Waals surface area contributed by atoms with Crippen molar-refractivity contribution in [2.24, 2.45) is 0 Å². The molecule has 228 valence electrons. The van der Waals surface area contributed by atoms with Crippen LogP contribution in [0.25, 0.3) is 22.0 Å². The number of ether oxygens (including phenoxy) is 2. The lowest BCUT2D eigenvalue weighted by Crippen LogP contribution is -2.26. The van der Waals surface area contributed by atoms with Crippen molar-refractivity contribution < 1.29 is 17.9 Å². The highest BCUT2D eigenvalue weighted by molar-refractivity contribution is 7.89. The highest BCUT2D eigenvalue weighted by Crippen LogP contribution is 2.33. The van der Waals surface area contributed by atoms with E-state index in [0.717, 1.165) is 27.6 Å². The van der Waals surface area contributed by atoms with Crippen LogP contribution in [0, 0.1) is 20.8 Å². The molecule has 0 radical (unpaired) electrons. The quantitative estimate of drug-likeness (QED) is 0.153. The van der Waals surface area contributed by atoms with Gasteiger partial charge in [-0.2, -0.15) is 0 Å². The normalized spacial score (nSPS) is 11.5. The smallest absolute Gasteiger partial charge is 0.240 e. The second-order valence-electron chi connectivity index (χ2n) is 10.7. The molecular weight excluding hydrogens is 572 g/mol. The van der Waals surface area contributed by atoms with Crippen LogP contribution in [0.1, 0.15) is 36.1 Å². The van der Waals surface area contributed by atoms with Crippen molar-refractivity contribution >= 4 is 32.3 Å². The number of fused-ring (bicyclic) bond motifs is 1. The molecule has 0 unspecified atom stereocenters. The lowest BCUT2D eigenvalue weighted by atomic mass is 10.0. The van der Waals surface area contributed by atoms with Gasteiger partial charge in [0.2, 0.25) is 10.0 Å². The Kier molecular flexibility index (Phi) is 9.46. The highest BCUT2D eigenvalue weighted by atomic mass is 32.2. The summed E-state index contributed by atoms with van der Waals surface area (Å²) in [6.45, 7) is 11.0.